The minimum absolute atomic E-state index is 0.842. The fraction of sp³-hybridized carbons (Fsp3) is 0.583. The maximum atomic E-state index is 5.89. The Kier molecular flexibility index (Phi) is 2.80. The lowest BCUT2D eigenvalue weighted by molar-refractivity contribution is 0.732. The molecule has 15 heavy (non-hydrogen) atoms. The van der Waals surface area contributed by atoms with E-state index in [-0.39, 0.29) is 0 Å². The van der Waals surface area contributed by atoms with Crippen molar-refractivity contribution < 1.29 is 0 Å². The Morgan fingerprint density at radius 3 is 2.80 bits per heavy atom. The summed E-state index contributed by atoms with van der Waals surface area (Å²) < 4.78 is 0. The van der Waals surface area contributed by atoms with Crippen LogP contribution >= 0.6 is 0 Å². The minimum Gasteiger partial charge on any atom is -0.398 e. The topological polar surface area (TPSA) is 42.1 Å². The van der Waals surface area contributed by atoms with Crippen LogP contribution in [-0.2, 0) is 0 Å². The Balaban J connectivity index is 2.13. The van der Waals surface area contributed by atoms with Gasteiger partial charge in [0.1, 0.15) is 5.82 Å². The molecule has 3 nitrogen and oxygen atoms in total. The van der Waals surface area contributed by atoms with Crippen molar-refractivity contribution >= 4 is 11.5 Å². The highest BCUT2D eigenvalue weighted by Gasteiger charge is 2.24. The molecule has 0 unspecified atom stereocenters. The van der Waals surface area contributed by atoms with Gasteiger partial charge < -0.3 is 10.6 Å². The molecule has 1 aromatic heterocycles. The molecule has 1 fully saturated rings. The molecule has 1 aromatic rings. The normalized spacial score (nSPS) is 15.3. The number of hydrogen-bond acceptors (Lipinski definition) is 3. The second kappa shape index (κ2) is 4.09. The van der Waals surface area contributed by atoms with Gasteiger partial charge in [0.25, 0.3) is 0 Å². The van der Waals surface area contributed by atoms with E-state index < -0.39 is 0 Å². The first-order chi connectivity index (χ1) is 7.20. The zero-order valence-electron chi connectivity index (χ0n) is 9.53. The van der Waals surface area contributed by atoms with Gasteiger partial charge in [0, 0.05) is 31.0 Å². The maximum absolute atomic E-state index is 5.89. The predicted molar refractivity (Wildman–Crippen MR) is 64.0 cm³/mol. The molecule has 1 saturated carbocycles. The zero-order valence-corrected chi connectivity index (χ0v) is 9.53. The average Bonchev–Trinajstić information content (AvgIpc) is 3.02. The van der Waals surface area contributed by atoms with Crippen molar-refractivity contribution in [3.8, 4) is 0 Å². The summed E-state index contributed by atoms with van der Waals surface area (Å²) in [7, 11) is 0. The third-order valence-corrected chi connectivity index (χ3v) is 3.01. The smallest absolute Gasteiger partial charge is 0.130 e. The number of nitrogens with zero attached hydrogens (tertiary/aromatic N) is 2. The second-order valence-electron chi connectivity index (χ2n) is 4.38. The molecule has 0 radical (unpaired) electrons. The summed E-state index contributed by atoms with van der Waals surface area (Å²) in [5, 5.41) is 0. The second-order valence-corrected chi connectivity index (χ2v) is 4.38. The van der Waals surface area contributed by atoms with Crippen molar-refractivity contribution in [2.45, 2.75) is 26.7 Å². The Labute approximate surface area is 91.3 Å². The number of nitrogens with two attached hydrogens (primary N) is 1. The number of nitrogen functional groups attached to an aromatic ring is 1. The van der Waals surface area contributed by atoms with Crippen LogP contribution in [0.1, 0.15) is 25.3 Å². The molecule has 0 saturated heterocycles. The molecule has 0 bridgehead atoms. The lowest BCUT2D eigenvalue weighted by atomic mass is 10.2. The summed E-state index contributed by atoms with van der Waals surface area (Å²) in [5.74, 6) is 1.90. The maximum Gasteiger partial charge on any atom is 0.130 e. The van der Waals surface area contributed by atoms with Crippen LogP contribution in [0.3, 0.4) is 0 Å². The molecule has 3 heteroatoms. The first kappa shape index (κ1) is 10.3. The van der Waals surface area contributed by atoms with Crippen LogP contribution in [0.4, 0.5) is 11.5 Å². The fourth-order valence-corrected chi connectivity index (χ4v) is 1.70. The number of rotatable bonds is 4. The summed E-state index contributed by atoms with van der Waals surface area (Å²) in [6.07, 6.45) is 4.61. The lowest BCUT2D eigenvalue weighted by Crippen LogP contribution is -2.26. The van der Waals surface area contributed by atoms with Crippen molar-refractivity contribution in [1.82, 2.24) is 4.98 Å². The van der Waals surface area contributed by atoms with Crippen LogP contribution in [0.25, 0.3) is 0 Å². The van der Waals surface area contributed by atoms with Crippen LogP contribution in [0.2, 0.25) is 0 Å². The van der Waals surface area contributed by atoms with Gasteiger partial charge in [-0.1, -0.05) is 0 Å². The van der Waals surface area contributed by atoms with Gasteiger partial charge in [0.05, 0.1) is 0 Å². The molecule has 0 spiro atoms. The van der Waals surface area contributed by atoms with Crippen molar-refractivity contribution in [2.75, 3.05) is 23.7 Å². The molecular weight excluding hydrogens is 186 g/mol. The number of aromatic nitrogens is 1. The van der Waals surface area contributed by atoms with Crippen molar-refractivity contribution in [1.29, 1.82) is 0 Å². The fourth-order valence-electron chi connectivity index (χ4n) is 1.70. The predicted octanol–water partition coefficient (Wildman–Crippen LogP) is 2.21. The lowest BCUT2D eigenvalue weighted by Gasteiger charge is -2.22. The summed E-state index contributed by atoms with van der Waals surface area (Å²) in [4.78, 5) is 6.75. The van der Waals surface area contributed by atoms with Crippen LogP contribution in [-0.4, -0.2) is 18.1 Å². The molecule has 2 N–H and O–H groups in total. The van der Waals surface area contributed by atoms with Crippen LogP contribution in [0.15, 0.2) is 12.3 Å². The molecular formula is C12H19N3. The molecule has 0 atom stereocenters. The minimum atomic E-state index is 0.842. The summed E-state index contributed by atoms with van der Waals surface area (Å²) in [5.41, 5.74) is 7.79. The van der Waals surface area contributed by atoms with Gasteiger partial charge in [-0.15, -0.1) is 0 Å². The van der Waals surface area contributed by atoms with E-state index >= 15 is 0 Å². The van der Waals surface area contributed by atoms with E-state index in [0.717, 1.165) is 36.1 Å². The standard InChI is InChI=1S/C12H19N3/c1-3-15(8-10-4-5-10)12-6-11(13)9(2)7-14-12/h6-7,10H,3-5,8H2,1-2H3,(H2,13,14). The van der Waals surface area contributed by atoms with E-state index in [0.29, 0.717) is 0 Å². The molecule has 1 aliphatic carbocycles. The third kappa shape index (κ3) is 2.41. The number of pyridine rings is 1. The Bertz CT molecular complexity index is 345. The number of hydrogen-bond donors (Lipinski definition) is 1. The van der Waals surface area contributed by atoms with Gasteiger partial charge in [0.2, 0.25) is 0 Å². The highest BCUT2D eigenvalue weighted by atomic mass is 15.2. The van der Waals surface area contributed by atoms with E-state index in [1.807, 2.05) is 19.2 Å². The molecule has 1 heterocycles. The highest BCUT2D eigenvalue weighted by molar-refractivity contribution is 5.54. The molecule has 82 valence electrons. The van der Waals surface area contributed by atoms with Gasteiger partial charge in [-0.3, -0.25) is 0 Å². The summed E-state index contributed by atoms with van der Waals surface area (Å²) in [6.45, 7) is 6.29. The summed E-state index contributed by atoms with van der Waals surface area (Å²) >= 11 is 0. The molecule has 1 aliphatic rings. The SMILES string of the molecule is CCN(CC1CC1)c1cc(N)c(C)cn1. The summed E-state index contributed by atoms with van der Waals surface area (Å²) in [6, 6.07) is 1.99. The van der Waals surface area contributed by atoms with E-state index in [2.05, 4.69) is 16.8 Å². The van der Waals surface area contributed by atoms with E-state index in [4.69, 9.17) is 5.73 Å². The molecule has 0 amide bonds. The first-order valence-corrected chi connectivity index (χ1v) is 5.67. The van der Waals surface area contributed by atoms with Crippen LogP contribution in [0.5, 0.6) is 0 Å². The van der Waals surface area contributed by atoms with Crippen molar-refractivity contribution in [3.05, 3.63) is 17.8 Å². The quantitative estimate of drug-likeness (QED) is 0.819. The molecule has 2 rings (SSSR count). The molecule has 0 aromatic carbocycles. The largest absolute Gasteiger partial charge is 0.398 e. The van der Waals surface area contributed by atoms with E-state index in [1.54, 1.807) is 0 Å². The molecule has 0 aliphatic heterocycles. The van der Waals surface area contributed by atoms with E-state index in [1.165, 1.54) is 12.8 Å². The van der Waals surface area contributed by atoms with Gasteiger partial charge in [-0.05, 0) is 38.2 Å². The monoisotopic (exact) mass is 205 g/mol. The van der Waals surface area contributed by atoms with Gasteiger partial charge in [0.15, 0.2) is 0 Å². The Morgan fingerprint density at radius 2 is 2.27 bits per heavy atom. The van der Waals surface area contributed by atoms with Gasteiger partial charge in [-0.2, -0.15) is 0 Å². The van der Waals surface area contributed by atoms with Crippen molar-refractivity contribution in [3.63, 3.8) is 0 Å². The third-order valence-electron chi connectivity index (χ3n) is 3.01. The Morgan fingerprint density at radius 1 is 1.53 bits per heavy atom. The van der Waals surface area contributed by atoms with Crippen LogP contribution < -0.4 is 10.6 Å². The van der Waals surface area contributed by atoms with Crippen molar-refractivity contribution in [2.24, 2.45) is 5.92 Å². The van der Waals surface area contributed by atoms with Crippen LogP contribution in [0, 0.1) is 12.8 Å². The number of anilines is 2. The van der Waals surface area contributed by atoms with E-state index in [9.17, 15) is 0 Å². The first-order valence-electron chi connectivity index (χ1n) is 5.67. The van der Waals surface area contributed by atoms with Gasteiger partial charge >= 0.3 is 0 Å². The highest BCUT2D eigenvalue weighted by Crippen LogP contribution is 2.31. The average molecular weight is 205 g/mol. The Hall–Kier alpha value is -1.25. The number of aryl methyl sites for hydroxylation is 1. The zero-order chi connectivity index (χ0) is 10.8. The van der Waals surface area contributed by atoms with Gasteiger partial charge in [-0.25, -0.2) is 4.98 Å².